The van der Waals surface area contributed by atoms with E-state index in [1.807, 2.05) is 18.2 Å². The number of unbranched alkanes of at least 4 members (excludes halogenated alkanes) is 15. The fourth-order valence-corrected chi connectivity index (χ4v) is 11.7. The van der Waals surface area contributed by atoms with Gasteiger partial charge in [0.15, 0.2) is 12.2 Å². The molecular weight excluding hydrogens is 1430 g/mol. The monoisotopic (exact) mass is 1570 g/mol. The molecule has 3 N–H and O–H groups in total. The third kappa shape index (κ3) is 79.7. The summed E-state index contributed by atoms with van der Waals surface area (Å²) in [5.74, 6) is -2.36. The SMILES string of the molecule is CC/C=C\C/C=C\C/C=C\C/C=C\C/C=C\C/C=C\CCC(=O)OCC(COP(=O)(O)OCC(O)COP(=O)(O)OCC(COC(=O)CCCCC/C=C\C/C=C\C/C=C\C/C=C\C/C=C\CC)OC(=O)CCCCCCC/C=C\C/C=C\C/C=C\CC)OC(=O)CCCCCCCCC/C=C\C/C=C\C/C=C\CC. The van der Waals surface area contributed by atoms with Crippen LogP contribution in [0.15, 0.2) is 207 Å². The van der Waals surface area contributed by atoms with Crippen LogP contribution in [0.2, 0.25) is 0 Å². The summed E-state index contributed by atoms with van der Waals surface area (Å²) < 4.78 is 68.6. The molecule has 0 radical (unpaired) electrons. The Balaban J connectivity index is 5.51. The number of phosphoric ester groups is 2. The van der Waals surface area contributed by atoms with Crippen LogP contribution in [0.4, 0.5) is 0 Å². The van der Waals surface area contributed by atoms with Gasteiger partial charge < -0.3 is 33.8 Å². The lowest BCUT2D eigenvalue weighted by atomic mass is 10.1. The van der Waals surface area contributed by atoms with E-state index in [1.165, 1.54) is 0 Å². The molecule has 5 unspecified atom stereocenters. The van der Waals surface area contributed by atoms with Gasteiger partial charge in [0.2, 0.25) is 0 Å². The molecule has 0 bridgehead atoms. The van der Waals surface area contributed by atoms with Crippen LogP contribution in [0.25, 0.3) is 0 Å². The summed E-state index contributed by atoms with van der Waals surface area (Å²) >= 11 is 0. The third-order valence-corrected chi connectivity index (χ3v) is 18.1. The minimum absolute atomic E-state index is 0.0250. The van der Waals surface area contributed by atoms with Crippen LogP contribution >= 0.6 is 15.6 Å². The standard InChI is InChI=1S/C91H144O17P2/c1-5-9-13-17-21-25-29-33-37-40-42-45-48-51-55-59-63-67-71-75-88(93)101-81-86(107-90(95)77-73-69-65-61-57-53-47-36-32-28-24-20-16-12-8-4)83-105-109(97,98)103-79-85(92)80-104-110(99,100)106-84-87(108-91(96)78-74-70-66-62-58-54-50-44-39-35-31-27-23-19-15-11-7-3)82-102-89(94)76-72-68-64-60-56-52-49-46-43-41-38-34-30-26-22-18-14-10-6-2/h9-16,21-28,33-39,42-43,45-47,51-52,55-56,64,68,85-87,92H,5-8,17-20,29-32,40-41,44,48-50,53-54,57-63,65-67,69-84H2,1-4H3,(H,97,98)(H,99,100)/b13-9-,14-10-,15-11-,16-12-,25-21-,26-22-,27-23-,28-24-,37-33-,38-34-,39-35-,45-42-,46-43-,47-36-,55-51-,56-52-,68-64-. The lowest BCUT2D eigenvalue weighted by molar-refractivity contribution is -0.161. The van der Waals surface area contributed by atoms with Crippen LogP contribution in [0.1, 0.15) is 285 Å². The Morgan fingerprint density at radius 3 is 0.745 bits per heavy atom. The Kier molecular flexibility index (Phi) is 76.0. The molecule has 0 spiro atoms. The quantitative estimate of drug-likeness (QED) is 0.0169. The second-order valence-electron chi connectivity index (χ2n) is 26.5. The smallest absolute Gasteiger partial charge is 0.462 e. The molecule has 0 aliphatic rings. The average molecular weight is 1570 g/mol. The van der Waals surface area contributed by atoms with E-state index in [4.69, 9.17) is 37.0 Å². The molecule has 0 aromatic carbocycles. The fraction of sp³-hybridized carbons (Fsp3) is 0.582. The van der Waals surface area contributed by atoms with E-state index >= 15 is 0 Å². The van der Waals surface area contributed by atoms with E-state index in [0.717, 1.165) is 199 Å². The molecule has 0 amide bonds. The normalized spacial score (nSPS) is 14.9. The molecule has 0 saturated carbocycles. The minimum atomic E-state index is -5.01. The molecule has 17 nitrogen and oxygen atoms in total. The summed E-state index contributed by atoms with van der Waals surface area (Å²) in [5.41, 5.74) is 0. The molecule has 0 saturated heterocycles. The number of aliphatic hydroxyl groups is 1. The van der Waals surface area contributed by atoms with Crippen molar-refractivity contribution in [1.82, 2.24) is 0 Å². The number of carbonyl (C=O) groups is 4. The molecule has 0 aromatic heterocycles. The molecule has 0 heterocycles. The molecule has 620 valence electrons. The van der Waals surface area contributed by atoms with Gasteiger partial charge in [0.1, 0.15) is 19.3 Å². The summed E-state index contributed by atoms with van der Waals surface area (Å²) in [6.45, 7) is 4.25. The largest absolute Gasteiger partial charge is 0.472 e. The first-order chi connectivity index (χ1) is 53.7. The van der Waals surface area contributed by atoms with E-state index in [0.29, 0.717) is 32.1 Å². The highest BCUT2D eigenvalue weighted by molar-refractivity contribution is 7.47. The third-order valence-electron chi connectivity index (χ3n) is 16.2. The van der Waals surface area contributed by atoms with E-state index in [-0.39, 0.29) is 25.7 Å². The Hall–Kier alpha value is -6.36. The van der Waals surface area contributed by atoms with Crippen molar-refractivity contribution >= 4 is 39.5 Å². The van der Waals surface area contributed by atoms with Gasteiger partial charge >= 0.3 is 39.5 Å². The Labute approximate surface area is 665 Å². The van der Waals surface area contributed by atoms with Crippen molar-refractivity contribution in [3.05, 3.63) is 207 Å². The summed E-state index contributed by atoms with van der Waals surface area (Å²) in [5, 5.41) is 10.7. The molecule has 19 heteroatoms. The van der Waals surface area contributed by atoms with Crippen molar-refractivity contribution < 1.29 is 80.2 Å². The van der Waals surface area contributed by atoms with E-state index < -0.39 is 97.5 Å². The van der Waals surface area contributed by atoms with Crippen molar-refractivity contribution in [3.8, 4) is 0 Å². The predicted octanol–water partition coefficient (Wildman–Crippen LogP) is 24.7. The number of hydrogen-bond acceptors (Lipinski definition) is 15. The maximum atomic E-state index is 13.1. The summed E-state index contributed by atoms with van der Waals surface area (Å²) in [6, 6.07) is 0. The highest BCUT2D eigenvalue weighted by atomic mass is 31.2. The first-order valence-corrected chi connectivity index (χ1v) is 44.3. The predicted molar refractivity (Wildman–Crippen MR) is 454 cm³/mol. The molecule has 5 atom stereocenters. The van der Waals surface area contributed by atoms with Gasteiger partial charge in [-0.3, -0.25) is 37.3 Å². The van der Waals surface area contributed by atoms with E-state index in [9.17, 15) is 43.2 Å². The zero-order valence-electron chi connectivity index (χ0n) is 67.8. The molecule has 0 aliphatic carbocycles. The van der Waals surface area contributed by atoms with Gasteiger partial charge in [-0.25, -0.2) is 9.13 Å². The number of esters is 4. The number of hydrogen-bond donors (Lipinski definition) is 3. The Morgan fingerprint density at radius 2 is 0.464 bits per heavy atom. The van der Waals surface area contributed by atoms with E-state index in [2.05, 4.69) is 216 Å². The van der Waals surface area contributed by atoms with Crippen molar-refractivity contribution in [1.29, 1.82) is 0 Å². The maximum Gasteiger partial charge on any atom is 0.472 e. The van der Waals surface area contributed by atoms with Crippen LogP contribution in [0, 0.1) is 0 Å². The van der Waals surface area contributed by atoms with Crippen molar-refractivity contribution in [2.75, 3.05) is 39.6 Å². The summed E-state index contributed by atoms with van der Waals surface area (Å²) in [4.78, 5) is 73.2. The lowest BCUT2D eigenvalue weighted by Gasteiger charge is -2.21. The van der Waals surface area contributed by atoms with Crippen molar-refractivity contribution in [3.63, 3.8) is 0 Å². The highest BCUT2D eigenvalue weighted by Crippen LogP contribution is 2.45. The van der Waals surface area contributed by atoms with Crippen LogP contribution in [-0.2, 0) is 65.4 Å². The van der Waals surface area contributed by atoms with Gasteiger partial charge in [-0.2, -0.15) is 0 Å². The molecular formula is C91H144O17P2. The van der Waals surface area contributed by atoms with Crippen molar-refractivity contribution in [2.45, 2.75) is 303 Å². The molecule has 0 aromatic rings. The minimum Gasteiger partial charge on any atom is -0.462 e. The van der Waals surface area contributed by atoms with Gasteiger partial charge in [0, 0.05) is 25.7 Å². The van der Waals surface area contributed by atoms with Gasteiger partial charge in [0.25, 0.3) is 0 Å². The zero-order chi connectivity index (χ0) is 80.3. The molecule has 0 rings (SSSR count). The zero-order valence-corrected chi connectivity index (χ0v) is 69.6. The van der Waals surface area contributed by atoms with Crippen molar-refractivity contribution in [2.24, 2.45) is 0 Å². The first-order valence-electron chi connectivity index (χ1n) is 41.3. The molecule has 110 heavy (non-hydrogen) atoms. The topological polar surface area (TPSA) is 237 Å². The summed E-state index contributed by atoms with van der Waals surface area (Å²) in [6.07, 6.45) is 101. The first kappa shape index (κ1) is 104. The number of ether oxygens (including phenoxy) is 4. The number of aliphatic hydroxyl groups excluding tert-OH is 1. The number of phosphoric acid groups is 2. The van der Waals surface area contributed by atoms with Crippen LogP contribution in [-0.4, -0.2) is 96.7 Å². The highest BCUT2D eigenvalue weighted by Gasteiger charge is 2.30. The number of rotatable bonds is 75. The number of allylic oxidation sites excluding steroid dienone is 34. The Morgan fingerprint density at radius 1 is 0.255 bits per heavy atom. The van der Waals surface area contributed by atoms with Gasteiger partial charge in [-0.1, -0.05) is 292 Å². The van der Waals surface area contributed by atoms with Gasteiger partial charge in [0.05, 0.1) is 26.4 Å². The van der Waals surface area contributed by atoms with E-state index in [1.54, 1.807) is 0 Å². The van der Waals surface area contributed by atoms with Crippen LogP contribution in [0.3, 0.4) is 0 Å². The fourth-order valence-electron chi connectivity index (χ4n) is 10.1. The van der Waals surface area contributed by atoms with Gasteiger partial charge in [-0.05, 0) is 173 Å². The van der Waals surface area contributed by atoms with Crippen LogP contribution < -0.4 is 0 Å². The average Bonchev–Trinajstić information content (AvgIpc) is 0.906. The second kappa shape index (κ2) is 80.7. The lowest BCUT2D eigenvalue weighted by Crippen LogP contribution is -2.30. The Bertz CT molecular complexity index is 2900. The van der Waals surface area contributed by atoms with Crippen LogP contribution in [0.5, 0.6) is 0 Å². The second-order valence-corrected chi connectivity index (χ2v) is 29.4. The van der Waals surface area contributed by atoms with Gasteiger partial charge in [-0.15, -0.1) is 0 Å². The summed E-state index contributed by atoms with van der Waals surface area (Å²) in [7, 11) is -10.0. The molecule has 0 aliphatic heterocycles. The maximum absolute atomic E-state index is 13.1. The number of carbonyl (C=O) groups excluding carboxylic acids is 4. The molecule has 0 fully saturated rings.